The number of carbonyl (C=O) groups is 1. The highest BCUT2D eigenvalue weighted by Gasteiger charge is 2.19. The van der Waals surface area contributed by atoms with E-state index in [0.717, 1.165) is 0 Å². The molecule has 0 atom stereocenters. The van der Waals surface area contributed by atoms with E-state index in [2.05, 4.69) is 10.5 Å². The van der Waals surface area contributed by atoms with Gasteiger partial charge >= 0.3 is 0 Å². The molecular formula is C20H19FN2O4. The Morgan fingerprint density at radius 2 is 1.93 bits per heavy atom. The van der Waals surface area contributed by atoms with Gasteiger partial charge in [-0.15, -0.1) is 0 Å². The molecule has 7 heteroatoms. The van der Waals surface area contributed by atoms with Gasteiger partial charge in [0.15, 0.2) is 6.61 Å². The van der Waals surface area contributed by atoms with Gasteiger partial charge in [0, 0.05) is 6.07 Å². The Morgan fingerprint density at radius 1 is 1.19 bits per heavy atom. The number of ether oxygens (including phenoxy) is 2. The second kappa shape index (κ2) is 8.35. The van der Waals surface area contributed by atoms with Gasteiger partial charge in [-0.25, -0.2) is 4.39 Å². The van der Waals surface area contributed by atoms with Crippen molar-refractivity contribution in [2.45, 2.75) is 13.3 Å². The minimum Gasteiger partial charge on any atom is -0.497 e. The number of nitrogens with zero attached hydrogens (tertiary/aromatic N) is 1. The Bertz CT molecular complexity index is 922. The lowest BCUT2D eigenvalue weighted by atomic mass is 10.0. The largest absolute Gasteiger partial charge is 0.497 e. The summed E-state index contributed by atoms with van der Waals surface area (Å²) >= 11 is 0. The molecule has 3 aromatic rings. The van der Waals surface area contributed by atoms with Crippen molar-refractivity contribution in [3.05, 3.63) is 60.0 Å². The SMILES string of the molecule is CCc1noc(NC(=O)COc2cccc(OC)c2)c1-c1ccc(F)cc1. The average Bonchev–Trinajstić information content (AvgIpc) is 3.09. The van der Waals surface area contributed by atoms with Crippen LogP contribution in [0.3, 0.4) is 0 Å². The summed E-state index contributed by atoms with van der Waals surface area (Å²) in [4.78, 5) is 12.3. The molecule has 6 nitrogen and oxygen atoms in total. The molecular weight excluding hydrogens is 351 g/mol. The Labute approximate surface area is 155 Å². The number of carbonyl (C=O) groups excluding carboxylic acids is 1. The van der Waals surface area contributed by atoms with Crippen LogP contribution in [0.4, 0.5) is 10.3 Å². The molecule has 0 aliphatic carbocycles. The van der Waals surface area contributed by atoms with Crippen molar-refractivity contribution in [2.75, 3.05) is 19.0 Å². The molecule has 1 amide bonds. The van der Waals surface area contributed by atoms with Gasteiger partial charge in [0.25, 0.3) is 5.91 Å². The number of aromatic nitrogens is 1. The van der Waals surface area contributed by atoms with Crippen LogP contribution < -0.4 is 14.8 Å². The summed E-state index contributed by atoms with van der Waals surface area (Å²) in [7, 11) is 1.55. The first-order valence-electron chi connectivity index (χ1n) is 8.42. The first kappa shape index (κ1) is 18.4. The zero-order chi connectivity index (χ0) is 19.2. The summed E-state index contributed by atoms with van der Waals surface area (Å²) in [6.07, 6.45) is 0.604. The molecule has 0 spiro atoms. The maximum atomic E-state index is 13.2. The highest BCUT2D eigenvalue weighted by Crippen LogP contribution is 2.32. The van der Waals surface area contributed by atoms with Gasteiger partial charge in [-0.3, -0.25) is 10.1 Å². The smallest absolute Gasteiger partial charge is 0.264 e. The highest BCUT2D eigenvalue weighted by molar-refractivity contribution is 5.94. The highest BCUT2D eigenvalue weighted by atomic mass is 19.1. The fourth-order valence-corrected chi connectivity index (χ4v) is 2.57. The third-order valence-electron chi connectivity index (χ3n) is 3.89. The van der Waals surface area contributed by atoms with Crippen LogP contribution in [0.2, 0.25) is 0 Å². The molecule has 2 aromatic carbocycles. The molecule has 27 heavy (non-hydrogen) atoms. The van der Waals surface area contributed by atoms with E-state index >= 15 is 0 Å². The maximum Gasteiger partial charge on any atom is 0.264 e. The second-order valence-corrected chi connectivity index (χ2v) is 5.71. The number of methoxy groups -OCH3 is 1. The Balaban J connectivity index is 1.72. The third-order valence-corrected chi connectivity index (χ3v) is 3.89. The van der Waals surface area contributed by atoms with Crippen molar-refractivity contribution in [3.8, 4) is 22.6 Å². The minimum atomic E-state index is -0.403. The van der Waals surface area contributed by atoms with Gasteiger partial charge in [0.05, 0.1) is 18.4 Å². The summed E-state index contributed by atoms with van der Waals surface area (Å²) in [5.41, 5.74) is 2.01. The number of anilines is 1. The number of rotatable bonds is 7. The molecule has 3 rings (SSSR count). The van der Waals surface area contributed by atoms with E-state index in [4.69, 9.17) is 14.0 Å². The van der Waals surface area contributed by atoms with Crippen molar-refractivity contribution < 1.29 is 23.2 Å². The summed E-state index contributed by atoms with van der Waals surface area (Å²) in [5, 5.41) is 6.65. The van der Waals surface area contributed by atoms with Crippen LogP contribution in [0.25, 0.3) is 11.1 Å². The van der Waals surface area contributed by atoms with Crippen molar-refractivity contribution >= 4 is 11.8 Å². The number of amides is 1. The van der Waals surface area contributed by atoms with Gasteiger partial charge < -0.3 is 14.0 Å². The molecule has 0 saturated carbocycles. The number of hydrogen-bond donors (Lipinski definition) is 1. The standard InChI is InChI=1S/C20H19FN2O4/c1-3-17-19(13-7-9-14(21)10-8-13)20(27-23-17)22-18(24)12-26-16-6-4-5-15(11-16)25-2/h4-11H,3,12H2,1-2H3,(H,22,24). The van der Waals surface area contributed by atoms with E-state index in [-0.39, 0.29) is 18.3 Å². The number of hydrogen-bond acceptors (Lipinski definition) is 5. The lowest BCUT2D eigenvalue weighted by Gasteiger charge is -2.08. The number of benzene rings is 2. The van der Waals surface area contributed by atoms with Crippen LogP contribution in [-0.4, -0.2) is 24.8 Å². The quantitative estimate of drug-likeness (QED) is 0.679. The predicted molar refractivity (Wildman–Crippen MR) is 98.4 cm³/mol. The zero-order valence-electron chi connectivity index (χ0n) is 15.0. The van der Waals surface area contributed by atoms with E-state index in [1.54, 1.807) is 43.5 Å². The summed E-state index contributed by atoms with van der Waals surface area (Å²) in [6, 6.07) is 12.9. The van der Waals surface area contributed by atoms with Crippen molar-refractivity contribution in [1.29, 1.82) is 0 Å². The van der Waals surface area contributed by atoms with Crippen LogP contribution >= 0.6 is 0 Å². The van der Waals surface area contributed by atoms with Crippen molar-refractivity contribution in [3.63, 3.8) is 0 Å². The molecule has 0 unspecified atom stereocenters. The van der Waals surface area contributed by atoms with Crippen LogP contribution in [-0.2, 0) is 11.2 Å². The molecule has 0 fully saturated rings. The van der Waals surface area contributed by atoms with E-state index in [9.17, 15) is 9.18 Å². The van der Waals surface area contributed by atoms with Gasteiger partial charge in [0.2, 0.25) is 5.88 Å². The topological polar surface area (TPSA) is 73.6 Å². The van der Waals surface area contributed by atoms with E-state index in [1.165, 1.54) is 12.1 Å². The molecule has 0 saturated heterocycles. The Kier molecular flexibility index (Phi) is 5.71. The molecule has 140 valence electrons. The summed E-state index contributed by atoms with van der Waals surface area (Å²) in [5.74, 6) is 0.604. The van der Waals surface area contributed by atoms with E-state index < -0.39 is 5.91 Å². The van der Waals surface area contributed by atoms with Crippen molar-refractivity contribution in [1.82, 2.24) is 5.16 Å². The molecule has 1 aromatic heterocycles. The van der Waals surface area contributed by atoms with E-state index in [0.29, 0.717) is 34.7 Å². The normalized spacial score (nSPS) is 10.5. The first-order valence-corrected chi connectivity index (χ1v) is 8.42. The van der Waals surface area contributed by atoms with Crippen molar-refractivity contribution in [2.24, 2.45) is 0 Å². The van der Waals surface area contributed by atoms with E-state index in [1.807, 2.05) is 6.92 Å². The molecule has 1 N–H and O–H groups in total. The van der Waals surface area contributed by atoms with Crippen LogP contribution in [0, 0.1) is 5.82 Å². The van der Waals surface area contributed by atoms with Gasteiger partial charge in [-0.1, -0.05) is 30.3 Å². The predicted octanol–water partition coefficient (Wildman–Crippen LogP) is 4.07. The number of nitrogens with one attached hydrogen (secondary N) is 1. The number of aryl methyl sites for hydroxylation is 1. The monoisotopic (exact) mass is 370 g/mol. The lowest BCUT2D eigenvalue weighted by Crippen LogP contribution is -2.20. The minimum absolute atomic E-state index is 0.206. The van der Waals surface area contributed by atoms with Crippen LogP contribution in [0.15, 0.2) is 53.1 Å². The molecule has 1 heterocycles. The fraction of sp³-hybridized carbons (Fsp3) is 0.200. The van der Waals surface area contributed by atoms with Gasteiger partial charge in [0.1, 0.15) is 17.3 Å². The third kappa shape index (κ3) is 4.44. The number of halogens is 1. The Hall–Kier alpha value is -3.35. The summed E-state index contributed by atoms with van der Waals surface area (Å²) < 4.78 is 29.1. The molecule has 0 bridgehead atoms. The summed E-state index contributed by atoms with van der Waals surface area (Å²) in [6.45, 7) is 1.71. The zero-order valence-corrected chi connectivity index (χ0v) is 15.0. The van der Waals surface area contributed by atoms with Gasteiger partial charge in [-0.05, 0) is 36.2 Å². The Morgan fingerprint density at radius 3 is 2.63 bits per heavy atom. The molecule has 0 aliphatic heterocycles. The van der Waals surface area contributed by atoms with Crippen LogP contribution in [0.5, 0.6) is 11.5 Å². The maximum absolute atomic E-state index is 13.2. The second-order valence-electron chi connectivity index (χ2n) is 5.71. The molecule has 0 aliphatic rings. The van der Waals surface area contributed by atoms with Gasteiger partial charge in [-0.2, -0.15) is 0 Å². The van der Waals surface area contributed by atoms with Crippen LogP contribution in [0.1, 0.15) is 12.6 Å². The molecule has 0 radical (unpaired) electrons. The lowest BCUT2D eigenvalue weighted by molar-refractivity contribution is -0.118. The fourth-order valence-electron chi connectivity index (χ4n) is 2.57. The first-order chi connectivity index (χ1) is 13.1. The average molecular weight is 370 g/mol.